The summed E-state index contributed by atoms with van der Waals surface area (Å²) in [6.07, 6.45) is 1.53. The van der Waals surface area contributed by atoms with Crippen LogP contribution in [0.4, 0.5) is 10.1 Å². The van der Waals surface area contributed by atoms with Crippen molar-refractivity contribution in [1.82, 2.24) is 5.32 Å². The summed E-state index contributed by atoms with van der Waals surface area (Å²) in [6, 6.07) is 14.0. The summed E-state index contributed by atoms with van der Waals surface area (Å²) in [4.78, 5) is 12.0. The van der Waals surface area contributed by atoms with Gasteiger partial charge in [0.25, 0.3) is 0 Å². The topological polar surface area (TPSA) is 66.5 Å². The maximum absolute atomic E-state index is 14.0. The summed E-state index contributed by atoms with van der Waals surface area (Å²) in [6.45, 7) is 2.67. The molecule has 0 radical (unpaired) electrons. The minimum Gasteiger partial charge on any atom is -0.355 e. The van der Waals surface area contributed by atoms with Gasteiger partial charge in [0, 0.05) is 31.0 Å². The molecule has 0 aliphatic rings. The normalized spacial score (nSPS) is 11.3. The molecule has 0 atom stereocenters. The van der Waals surface area contributed by atoms with E-state index in [4.69, 9.17) is 0 Å². The van der Waals surface area contributed by atoms with Crippen molar-refractivity contribution in [1.29, 1.82) is 0 Å². The van der Waals surface area contributed by atoms with Gasteiger partial charge < -0.3 is 5.32 Å². The zero-order valence-electron chi connectivity index (χ0n) is 16.7. The summed E-state index contributed by atoms with van der Waals surface area (Å²) in [5.74, 6) is 0.949. The van der Waals surface area contributed by atoms with Crippen LogP contribution in [0.25, 0.3) is 0 Å². The molecule has 0 fully saturated rings. The van der Waals surface area contributed by atoms with E-state index in [-0.39, 0.29) is 24.6 Å². The van der Waals surface area contributed by atoms with Gasteiger partial charge >= 0.3 is 0 Å². The highest BCUT2D eigenvalue weighted by Gasteiger charge is 2.20. The Morgan fingerprint density at radius 2 is 1.93 bits per heavy atom. The minimum absolute atomic E-state index is 0.00274. The molecule has 2 rings (SSSR count). The smallest absolute Gasteiger partial charge is 0.232 e. The predicted octanol–water partition coefficient (Wildman–Crippen LogP) is 3.73. The first kappa shape index (κ1) is 23.2. The maximum atomic E-state index is 14.0. The van der Waals surface area contributed by atoms with Crippen molar-refractivity contribution in [3.63, 3.8) is 0 Å². The number of para-hydroxylation sites is 1. The molecule has 2 aromatic carbocycles. The molecule has 5 nitrogen and oxygen atoms in total. The fourth-order valence-electron chi connectivity index (χ4n) is 2.85. The van der Waals surface area contributed by atoms with E-state index in [1.54, 1.807) is 17.8 Å². The zero-order valence-corrected chi connectivity index (χ0v) is 18.4. The number of hydrogen-bond acceptors (Lipinski definition) is 4. The van der Waals surface area contributed by atoms with Gasteiger partial charge in [0.15, 0.2) is 0 Å². The quantitative estimate of drug-likeness (QED) is 0.543. The molecule has 0 unspecified atom stereocenters. The summed E-state index contributed by atoms with van der Waals surface area (Å²) >= 11 is 1.74. The monoisotopic (exact) mass is 438 g/mol. The lowest BCUT2D eigenvalue weighted by molar-refractivity contribution is -0.121. The first-order chi connectivity index (χ1) is 13.8. The van der Waals surface area contributed by atoms with Crippen molar-refractivity contribution in [2.75, 3.05) is 29.4 Å². The second-order valence-corrected chi connectivity index (χ2v) is 9.79. The van der Waals surface area contributed by atoms with Crippen LogP contribution >= 0.6 is 11.8 Å². The number of amides is 1. The Bertz CT molecular complexity index is 920. The third kappa shape index (κ3) is 8.06. The van der Waals surface area contributed by atoms with Crippen molar-refractivity contribution >= 4 is 33.4 Å². The van der Waals surface area contributed by atoms with Crippen LogP contribution in [0, 0.1) is 12.7 Å². The molecule has 8 heteroatoms. The zero-order chi connectivity index (χ0) is 21.3. The van der Waals surface area contributed by atoms with Gasteiger partial charge in [-0.05, 0) is 31.0 Å². The number of carbonyl (C=O) groups excluding carboxylic acids is 1. The Hall–Kier alpha value is -2.06. The number of nitrogens with zero attached hydrogens (tertiary/aromatic N) is 1. The van der Waals surface area contributed by atoms with Gasteiger partial charge in [-0.25, -0.2) is 12.8 Å². The Balaban J connectivity index is 1.70. The van der Waals surface area contributed by atoms with E-state index in [0.29, 0.717) is 13.0 Å². The fraction of sp³-hybridized carbons (Fsp3) is 0.381. The molecule has 0 aliphatic heterocycles. The van der Waals surface area contributed by atoms with Crippen molar-refractivity contribution < 1.29 is 17.6 Å². The molecular weight excluding hydrogens is 411 g/mol. The second kappa shape index (κ2) is 11.2. The highest BCUT2D eigenvalue weighted by Crippen LogP contribution is 2.21. The summed E-state index contributed by atoms with van der Waals surface area (Å²) in [5, 5.41) is 2.84. The average molecular weight is 439 g/mol. The van der Waals surface area contributed by atoms with E-state index in [1.807, 2.05) is 6.07 Å². The molecule has 0 aliphatic carbocycles. The Kier molecular flexibility index (Phi) is 8.98. The third-order valence-corrected chi connectivity index (χ3v) is 6.42. The molecule has 0 spiro atoms. The number of anilines is 1. The van der Waals surface area contributed by atoms with Crippen molar-refractivity contribution in [3.8, 4) is 0 Å². The van der Waals surface area contributed by atoms with Gasteiger partial charge in [0.2, 0.25) is 15.9 Å². The van der Waals surface area contributed by atoms with E-state index in [2.05, 4.69) is 30.4 Å². The van der Waals surface area contributed by atoms with Gasteiger partial charge in [-0.1, -0.05) is 42.0 Å². The highest BCUT2D eigenvalue weighted by molar-refractivity contribution is 7.98. The Morgan fingerprint density at radius 1 is 1.17 bits per heavy atom. The van der Waals surface area contributed by atoms with Gasteiger partial charge in [-0.2, -0.15) is 11.8 Å². The number of rotatable bonds is 11. The van der Waals surface area contributed by atoms with Crippen LogP contribution in [0.3, 0.4) is 0 Å². The number of sulfonamides is 1. The molecule has 0 saturated heterocycles. The molecule has 1 amide bonds. The Morgan fingerprint density at radius 3 is 2.62 bits per heavy atom. The van der Waals surface area contributed by atoms with Crippen molar-refractivity contribution in [3.05, 3.63) is 65.5 Å². The molecule has 2 aromatic rings. The molecule has 158 valence electrons. The molecule has 0 heterocycles. The maximum Gasteiger partial charge on any atom is 0.232 e. The van der Waals surface area contributed by atoms with Crippen LogP contribution in [0.5, 0.6) is 0 Å². The van der Waals surface area contributed by atoms with E-state index in [1.165, 1.54) is 29.3 Å². The van der Waals surface area contributed by atoms with Crippen LogP contribution < -0.4 is 9.62 Å². The number of halogens is 1. The van der Waals surface area contributed by atoms with Crippen LogP contribution in [-0.2, 0) is 20.6 Å². The van der Waals surface area contributed by atoms with Crippen LogP contribution in [0.1, 0.15) is 24.0 Å². The van der Waals surface area contributed by atoms with Gasteiger partial charge in [0.1, 0.15) is 5.82 Å². The van der Waals surface area contributed by atoms with Crippen LogP contribution in [0.15, 0.2) is 48.5 Å². The summed E-state index contributed by atoms with van der Waals surface area (Å²) < 4.78 is 39.0. The standard InChI is InChI=1S/C21H27FN2O3S2/c1-17-7-5-8-18(15-17)16-28-14-12-23-21(25)11-6-13-24(29(2,26)27)20-10-4-3-9-19(20)22/h3-5,7-10,15H,6,11-14,16H2,1-2H3,(H,23,25). The molecule has 29 heavy (non-hydrogen) atoms. The van der Waals surface area contributed by atoms with Crippen LogP contribution in [0.2, 0.25) is 0 Å². The number of carbonyl (C=O) groups is 1. The highest BCUT2D eigenvalue weighted by atomic mass is 32.2. The number of thioether (sulfide) groups is 1. The fourth-order valence-corrected chi connectivity index (χ4v) is 4.62. The minimum atomic E-state index is -3.63. The number of nitrogens with one attached hydrogen (secondary N) is 1. The lowest BCUT2D eigenvalue weighted by atomic mass is 10.2. The molecule has 0 aromatic heterocycles. The van der Waals surface area contributed by atoms with E-state index in [9.17, 15) is 17.6 Å². The number of aryl methyl sites for hydroxylation is 1. The van der Waals surface area contributed by atoms with E-state index < -0.39 is 15.8 Å². The predicted molar refractivity (Wildman–Crippen MR) is 118 cm³/mol. The molecule has 1 N–H and O–H groups in total. The molecule has 0 bridgehead atoms. The average Bonchev–Trinajstić information content (AvgIpc) is 2.65. The van der Waals surface area contributed by atoms with Crippen molar-refractivity contribution in [2.45, 2.75) is 25.5 Å². The third-order valence-electron chi connectivity index (χ3n) is 4.21. The van der Waals surface area contributed by atoms with Gasteiger partial charge in [0.05, 0.1) is 11.9 Å². The van der Waals surface area contributed by atoms with E-state index >= 15 is 0 Å². The first-order valence-corrected chi connectivity index (χ1v) is 12.4. The van der Waals surface area contributed by atoms with Crippen molar-refractivity contribution in [2.24, 2.45) is 0 Å². The Labute approximate surface area is 176 Å². The first-order valence-electron chi connectivity index (χ1n) is 9.39. The van der Waals surface area contributed by atoms with Gasteiger partial charge in [-0.15, -0.1) is 0 Å². The van der Waals surface area contributed by atoms with E-state index in [0.717, 1.165) is 22.1 Å². The molecule has 0 saturated carbocycles. The second-order valence-electron chi connectivity index (χ2n) is 6.78. The van der Waals surface area contributed by atoms with Crippen LogP contribution in [-0.4, -0.2) is 39.4 Å². The number of hydrogen-bond donors (Lipinski definition) is 1. The summed E-state index contributed by atoms with van der Waals surface area (Å²) in [5.41, 5.74) is 2.49. The lowest BCUT2D eigenvalue weighted by Gasteiger charge is -2.22. The number of benzene rings is 2. The SMILES string of the molecule is Cc1cccc(CSCCNC(=O)CCCN(c2ccccc2F)S(C)(=O)=O)c1. The summed E-state index contributed by atoms with van der Waals surface area (Å²) in [7, 11) is -3.63. The molecular formula is C21H27FN2O3S2. The van der Waals surface area contributed by atoms with Gasteiger partial charge in [-0.3, -0.25) is 9.10 Å². The lowest BCUT2D eigenvalue weighted by Crippen LogP contribution is -2.33. The largest absolute Gasteiger partial charge is 0.355 e.